The monoisotopic (exact) mass is 317 g/mol. The van der Waals surface area contributed by atoms with E-state index in [-0.39, 0.29) is 18.1 Å². The van der Waals surface area contributed by atoms with E-state index in [1.165, 1.54) is 24.3 Å². The van der Waals surface area contributed by atoms with Crippen molar-refractivity contribution in [1.29, 1.82) is 0 Å². The van der Waals surface area contributed by atoms with Crippen molar-refractivity contribution in [3.63, 3.8) is 0 Å². The van der Waals surface area contributed by atoms with Crippen molar-refractivity contribution < 1.29 is 14.5 Å². The SMILES string of the molecule is CCN(CC(=O)OC)c1ncc(Br)cc1[N+](=O)[O-]. The number of hydrogen-bond donors (Lipinski definition) is 0. The Morgan fingerprint density at radius 1 is 1.67 bits per heavy atom. The summed E-state index contributed by atoms with van der Waals surface area (Å²) in [4.78, 5) is 27.1. The predicted octanol–water partition coefficient (Wildman–Crippen LogP) is 1.75. The van der Waals surface area contributed by atoms with Gasteiger partial charge in [0, 0.05) is 23.3 Å². The van der Waals surface area contributed by atoms with Crippen LogP contribution in [0.15, 0.2) is 16.7 Å². The smallest absolute Gasteiger partial charge is 0.325 e. The number of esters is 1. The minimum atomic E-state index is -0.535. The standard InChI is InChI=1S/C10H12BrN3O4/c1-3-13(6-9(15)18-2)10-8(14(16)17)4-7(11)5-12-10/h4-5H,3,6H2,1-2H3. The number of hydrogen-bond acceptors (Lipinski definition) is 6. The Labute approximate surface area is 112 Å². The van der Waals surface area contributed by atoms with Gasteiger partial charge in [-0.1, -0.05) is 0 Å². The fraction of sp³-hybridized carbons (Fsp3) is 0.400. The molecular weight excluding hydrogens is 306 g/mol. The third-order valence-electron chi connectivity index (χ3n) is 2.24. The van der Waals surface area contributed by atoms with E-state index in [9.17, 15) is 14.9 Å². The number of ether oxygens (including phenoxy) is 1. The maximum atomic E-state index is 11.2. The summed E-state index contributed by atoms with van der Waals surface area (Å²) in [5.74, 6) is -0.327. The van der Waals surface area contributed by atoms with Crippen LogP contribution in [0.4, 0.5) is 11.5 Å². The average molecular weight is 318 g/mol. The van der Waals surface area contributed by atoms with E-state index in [2.05, 4.69) is 25.7 Å². The molecule has 0 radical (unpaired) electrons. The van der Waals surface area contributed by atoms with Gasteiger partial charge in [-0.2, -0.15) is 0 Å². The van der Waals surface area contributed by atoms with Crippen LogP contribution in [0.2, 0.25) is 0 Å². The second-order valence-electron chi connectivity index (χ2n) is 3.34. The molecule has 0 aliphatic rings. The number of nitro groups is 1. The van der Waals surface area contributed by atoms with Crippen molar-refractivity contribution in [2.45, 2.75) is 6.92 Å². The molecule has 0 bridgehead atoms. The maximum absolute atomic E-state index is 11.2. The number of aromatic nitrogens is 1. The molecule has 0 spiro atoms. The topological polar surface area (TPSA) is 85.6 Å². The van der Waals surface area contributed by atoms with Crippen molar-refractivity contribution in [1.82, 2.24) is 4.98 Å². The lowest BCUT2D eigenvalue weighted by molar-refractivity contribution is -0.384. The lowest BCUT2D eigenvalue weighted by Gasteiger charge is -2.19. The molecule has 0 aromatic carbocycles. The second kappa shape index (κ2) is 6.29. The summed E-state index contributed by atoms with van der Waals surface area (Å²) < 4.78 is 5.05. The van der Waals surface area contributed by atoms with Crippen LogP contribution in [0.1, 0.15) is 6.92 Å². The van der Waals surface area contributed by atoms with Gasteiger partial charge in [-0.3, -0.25) is 14.9 Å². The average Bonchev–Trinajstić information content (AvgIpc) is 2.35. The van der Waals surface area contributed by atoms with Crippen molar-refractivity contribution in [3.8, 4) is 0 Å². The molecule has 0 saturated heterocycles. The first-order chi connectivity index (χ1) is 8.49. The molecule has 1 rings (SSSR count). The number of carbonyl (C=O) groups excluding carboxylic acids is 1. The Balaban J connectivity index is 3.12. The lowest BCUT2D eigenvalue weighted by Crippen LogP contribution is -2.31. The molecule has 0 aliphatic heterocycles. The van der Waals surface area contributed by atoms with Gasteiger partial charge in [0.1, 0.15) is 6.54 Å². The Morgan fingerprint density at radius 2 is 2.33 bits per heavy atom. The zero-order valence-electron chi connectivity index (χ0n) is 9.92. The van der Waals surface area contributed by atoms with Crippen LogP contribution in [0, 0.1) is 10.1 Å². The normalized spacial score (nSPS) is 9.94. The number of anilines is 1. The van der Waals surface area contributed by atoms with E-state index in [1.54, 1.807) is 6.92 Å². The molecule has 0 amide bonds. The van der Waals surface area contributed by atoms with E-state index < -0.39 is 10.9 Å². The number of rotatable bonds is 5. The largest absolute Gasteiger partial charge is 0.468 e. The van der Waals surface area contributed by atoms with Crippen LogP contribution in [0.25, 0.3) is 0 Å². The minimum absolute atomic E-state index is 0.0809. The molecule has 18 heavy (non-hydrogen) atoms. The molecule has 98 valence electrons. The predicted molar refractivity (Wildman–Crippen MR) is 68.5 cm³/mol. The number of nitrogens with zero attached hydrogens (tertiary/aromatic N) is 3. The molecule has 8 heteroatoms. The van der Waals surface area contributed by atoms with Gasteiger partial charge in [0.2, 0.25) is 5.82 Å². The second-order valence-corrected chi connectivity index (χ2v) is 4.26. The van der Waals surface area contributed by atoms with Gasteiger partial charge in [-0.25, -0.2) is 4.98 Å². The van der Waals surface area contributed by atoms with Crippen LogP contribution < -0.4 is 4.90 Å². The highest BCUT2D eigenvalue weighted by Crippen LogP contribution is 2.28. The van der Waals surface area contributed by atoms with Gasteiger partial charge in [0.25, 0.3) is 0 Å². The van der Waals surface area contributed by atoms with Crippen molar-refractivity contribution in [2.24, 2.45) is 0 Å². The summed E-state index contributed by atoms with van der Waals surface area (Å²) >= 11 is 3.12. The summed E-state index contributed by atoms with van der Waals surface area (Å²) in [5.41, 5.74) is -0.157. The van der Waals surface area contributed by atoms with Gasteiger partial charge in [0.15, 0.2) is 0 Å². The van der Waals surface area contributed by atoms with Crippen LogP contribution in [0.3, 0.4) is 0 Å². The van der Waals surface area contributed by atoms with E-state index in [4.69, 9.17) is 0 Å². The Bertz CT molecular complexity index is 466. The summed E-state index contributed by atoms with van der Waals surface area (Å²) in [6.45, 7) is 2.10. The highest BCUT2D eigenvalue weighted by atomic mass is 79.9. The first kappa shape index (κ1) is 14.4. The Hall–Kier alpha value is -1.70. The molecule has 0 atom stereocenters. The summed E-state index contributed by atoms with van der Waals surface area (Å²) in [7, 11) is 1.26. The van der Waals surface area contributed by atoms with E-state index in [1.807, 2.05) is 0 Å². The molecular formula is C10H12BrN3O4. The first-order valence-corrected chi connectivity index (χ1v) is 5.90. The van der Waals surface area contributed by atoms with Crippen LogP contribution in [0.5, 0.6) is 0 Å². The number of likely N-dealkylation sites (N-methyl/N-ethyl adjacent to an activating group) is 1. The van der Waals surface area contributed by atoms with Crippen LogP contribution in [-0.4, -0.2) is 36.1 Å². The molecule has 0 saturated carbocycles. The first-order valence-electron chi connectivity index (χ1n) is 5.11. The fourth-order valence-electron chi connectivity index (χ4n) is 1.36. The van der Waals surface area contributed by atoms with Gasteiger partial charge in [0.05, 0.1) is 12.0 Å². The van der Waals surface area contributed by atoms with Gasteiger partial charge in [-0.05, 0) is 22.9 Å². The van der Waals surface area contributed by atoms with Gasteiger partial charge < -0.3 is 9.64 Å². The maximum Gasteiger partial charge on any atom is 0.325 e. The lowest BCUT2D eigenvalue weighted by atomic mass is 10.3. The quantitative estimate of drug-likeness (QED) is 0.467. The minimum Gasteiger partial charge on any atom is -0.468 e. The van der Waals surface area contributed by atoms with E-state index in [0.29, 0.717) is 11.0 Å². The van der Waals surface area contributed by atoms with E-state index in [0.717, 1.165) is 0 Å². The molecule has 0 aliphatic carbocycles. The van der Waals surface area contributed by atoms with Crippen molar-refractivity contribution in [3.05, 3.63) is 26.9 Å². The highest BCUT2D eigenvalue weighted by Gasteiger charge is 2.22. The molecule has 0 fully saturated rings. The fourth-order valence-corrected chi connectivity index (χ4v) is 1.68. The van der Waals surface area contributed by atoms with Gasteiger partial charge in [-0.15, -0.1) is 0 Å². The van der Waals surface area contributed by atoms with Crippen molar-refractivity contribution in [2.75, 3.05) is 25.1 Å². The molecule has 0 unspecified atom stereocenters. The number of pyridine rings is 1. The third kappa shape index (κ3) is 3.39. The third-order valence-corrected chi connectivity index (χ3v) is 2.67. The summed E-state index contributed by atoms with van der Waals surface area (Å²) in [5, 5.41) is 11.0. The van der Waals surface area contributed by atoms with E-state index >= 15 is 0 Å². The molecule has 1 aromatic rings. The zero-order chi connectivity index (χ0) is 13.7. The molecule has 1 heterocycles. The highest BCUT2D eigenvalue weighted by molar-refractivity contribution is 9.10. The van der Waals surface area contributed by atoms with Crippen LogP contribution >= 0.6 is 15.9 Å². The number of halogens is 1. The molecule has 1 aromatic heterocycles. The number of methoxy groups -OCH3 is 1. The molecule has 0 N–H and O–H groups in total. The Kier molecular flexibility index (Phi) is 5.02. The number of carbonyl (C=O) groups is 1. The summed E-state index contributed by atoms with van der Waals surface area (Å²) in [6.07, 6.45) is 1.45. The zero-order valence-corrected chi connectivity index (χ0v) is 11.5. The van der Waals surface area contributed by atoms with Gasteiger partial charge >= 0.3 is 11.7 Å². The van der Waals surface area contributed by atoms with Crippen molar-refractivity contribution >= 4 is 33.4 Å². The van der Waals surface area contributed by atoms with Crippen LogP contribution in [-0.2, 0) is 9.53 Å². The summed E-state index contributed by atoms with van der Waals surface area (Å²) in [6, 6.07) is 1.35. The Morgan fingerprint density at radius 3 is 2.83 bits per heavy atom. The molecule has 7 nitrogen and oxygen atoms in total.